The number of nitrogens with zero attached hydrogens (tertiary/aromatic N) is 1. The molecule has 0 aromatic carbocycles. The van der Waals surface area contributed by atoms with Crippen molar-refractivity contribution in [3.63, 3.8) is 0 Å². The minimum atomic E-state index is -3.08. The number of amides is 1. The molecule has 1 saturated heterocycles. The van der Waals surface area contributed by atoms with Gasteiger partial charge in [0.1, 0.15) is 0 Å². The van der Waals surface area contributed by atoms with Crippen LogP contribution in [0.3, 0.4) is 0 Å². The van der Waals surface area contributed by atoms with Gasteiger partial charge in [0.2, 0.25) is 15.9 Å². The fourth-order valence-corrected chi connectivity index (χ4v) is 3.47. The first-order chi connectivity index (χ1) is 8.45. The van der Waals surface area contributed by atoms with Crippen molar-refractivity contribution in [3.8, 4) is 0 Å². The average molecular weight is 314 g/mol. The van der Waals surface area contributed by atoms with Crippen LogP contribution in [0.5, 0.6) is 0 Å². The van der Waals surface area contributed by atoms with Crippen molar-refractivity contribution >= 4 is 28.3 Å². The minimum Gasteiger partial charge on any atom is -0.355 e. The lowest BCUT2D eigenvalue weighted by Crippen LogP contribution is -2.40. The maximum absolute atomic E-state index is 11.6. The van der Waals surface area contributed by atoms with Crippen molar-refractivity contribution < 1.29 is 13.2 Å². The van der Waals surface area contributed by atoms with Crippen molar-refractivity contribution in [2.24, 2.45) is 0 Å². The number of halogens is 1. The number of hydrogen-bond donors (Lipinski definition) is 2. The molecule has 1 aliphatic rings. The van der Waals surface area contributed by atoms with Crippen LogP contribution in [0.2, 0.25) is 0 Å². The number of likely N-dealkylation sites (N-methyl/N-ethyl adjacent to an activating group) is 1. The zero-order chi connectivity index (χ0) is 13.6. The van der Waals surface area contributed by atoms with Crippen LogP contribution in [-0.2, 0) is 14.8 Å². The molecule has 1 amide bonds. The highest BCUT2D eigenvalue weighted by atomic mass is 35.5. The predicted molar refractivity (Wildman–Crippen MR) is 78.0 cm³/mol. The van der Waals surface area contributed by atoms with Crippen molar-refractivity contribution in [2.45, 2.75) is 32.7 Å². The zero-order valence-electron chi connectivity index (χ0n) is 11.5. The molecule has 19 heavy (non-hydrogen) atoms. The standard InChI is InChI=1S/C11H23N3O3S.ClH/c1-3-12-10(2)9-13-11(15)5-7-14-6-4-8-18(14,16)17;/h10,12H,3-9H2,1-2H3,(H,13,15);1H/t10-;/m1./s1. The van der Waals surface area contributed by atoms with Gasteiger partial charge in [0.05, 0.1) is 5.75 Å². The maximum Gasteiger partial charge on any atom is 0.221 e. The molecule has 0 aliphatic carbocycles. The van der Waals surface area contributed by atoms with Crippen LogP contribution in [0.25, 0.3) is 0 Å². The van der Waals surface area contributed by atoms with Crippen LogP contribution in [0.4, 0.5) is 0 Å². The Morgan fingerprint density at radius 3 is 2.63 bits per heavy atom. The highest BCUT2D eigenvalue weighted by Crippen LogP contribution is 2.13. The van der Waals surface area contributed by atoms with E-state index in [2.05, 4.69) is 10.6 Å². The summed E-state index contributed by atoms with van der Waals surface area (Å²) < 4.78 is 24.4. The molecule has 6 nitrogen and oxygen atoms in total. The SMILES string of the molecule is CCN[C@H](C)CNC(=O)CCN1CCCS1(=O)=O.Cl. The van der Waals surface area contributed by atoms with Crippen LogP contribution >= 0.6 is 12.4 Å². The second-order valence-electron chi connectivity index (χ2n) is 4.58. The topological polar surface area (TPSA) is 78.5 Å². The zero-order valence-corrected chi connectivity index (χ0v) is 13.1. The van der Waals surface area contributed by atoms with Crippen LogP contribution in [0, 0.1) is 0 Å². The van der Waals surface area contributed by atoms with Gasteiger partial charge in [-0.05, 0) is 19.9 Å². The second-order valence-corrected chi connectivity index (χ2v) is 6.67. The summed E-state index contributed by atoms with van der Waals surface area (Å²) in [5.74, 6) is 0.119. The Morgan fingerprint density at radius 1 is 1.42 bits per heavy atom. The lowest BCUT2D eigenvalue weighted by Gasteiger charge is -2.15. The van der Waals surface area contributed by atoms with E-state index in [0.717, 1.165) is 6.54 Å². The Kier molecular flexibility index (Phi) is 8.56. The summed E-state index contributed by atoms with van der Waals surface area (Å²) in [5, 5.41) is 5.99. The van der Waals surface area contributed by atoms with Crippen LogP contribution in [-0.4, -0.2) is 56.6 Å². The monoisotopic (exact) mass is 313 g/mol. The van der Waals surface area contributed by atoms with Crippen LogP contribution < -0.4 is 10.6 Å². The summed E-state index contributed by atoms with van der Waals surface area (Å²) in [6, 6.07) is 0.231. The molecule has 8 heteroatoms. The first-order valence-corrected chi connectivity index (χ1v) is 8.04. The number of rotatable bonds is 7. The van der Waals surface area contributed by atoms with Crippen molar-refractivity contribution in [1.29, 1.82) is 0 Å². The van der Waals surface area contributed by atoms with Gasteiger partial charge in [-0.25, -0.2) is 12.7 Å². The van der Waals surface area contributed by atoms with Crippen LogP contribution in [0.1, 0.15) is 26.7 Å². The first-order valence-electron chi connectivity index (χ1n) is 6.43. The summed E-state index contributed by atoms with van der Waals surface area (Å²) in [4.78, 5) is 11.6. The normalized spacial score (nSPS) is 19.7. The van der Waals surface area contributed by atoms with E-state index in [0.29, 0.717) is 26.1 Å². The van der Waals surface area contributed by atoms with Gasteiger partial charge in [-0.2, -0.15) is 0 Å². The third-order valence-electron chi connectivity index (χ3n) is 2.95. The highest BCUT2D eigenvalue weighted by molar-refractivity contribution is 7.89. The number of sulfonamides is 1. The fourth-order valence-electron chi connectivity index (χ4n) is 1.94. The van der Waals surface area contributed by atoms with Gasteiger partial charge in [-0.3, -0.25) is 4.79 Å². The molecule has 1 fully saturated rings. The van der Waals surface area contributed by atoms with Crippen molar-refractivity contribution in [3.05, 3.63) is 0 Å². The Morgan fingerprint density at radius 2 is 2.11 bits per heavy atom. The Labute approximate surface area is 121 Å². The number of nitrogens with one attached hydrogen (secondary N) is 2. The van der Waals surface area contributed by atoms with E-state index in [1.165, 1.54) is 4.31 Å². The Bertz CT molecular complexity index is 375. The Balaban J connectivity index is 0.00000324. The Hall–Kier alpha value is -0.370. The minimum absolute atomic E-state index is 0. The van der Waals surface area contributed by atoms with Gasteiger partial charge in [0, 0.05) is 32.1 Å². The van der Waals surface area contributed by atoms with Gasteiger partial charge < -0.3 is 10.6 Å². The number of carbonyl (C=O) groups is 1. The second kappa shape index (κ2) is 8.73. The van der Waals surface area contributed by atoms with E-state index in [-0.39, 0.29) is 36.5 Å². The largest absolute Gasteiger partial charge is 0.355 e. The summed E-state index contributed by atoms with van der Waals surface area (Å²) >= 11 is 0. The third-order valence-corrected chi connectivity index (χ3v) is 4.91. The summed E-state index contributed by atoms with van der Waals surface area (Å²) in [6.07, 6.45) is 0.902. The van der Waals surface area contributed by atoms with E-state index < -0.39 is 10.0 Å². The van der Waals surface area contributed by atoms with E-state index in [1.807, 2.05) is 13.8 Å². The van der Waals surface area contributed by atoms with Crippen molar-refractivity contribution in [1.82, 2.24) is 14.9 Å². The van der Waals surface area contributed by atoms with Gasteiger partial charge in [-0.15, -0.1) is 12.4 Å². The number of carbonyl (C=O) groups excluding carboxylic acids is 1. The molecule has 2 N–H and O–H groups in total. The predicted octanol–water partition coefficient (Wildman–Crippen LogP) is -0.0520. The van der Waals surface area contributed by atoms with E-state index in [9.17, 15) is 13.2 Å². The molecular formula is C11H24ClN3O3S. The molecular weight excluding hydrogens is 290 g/mol. The molecule has 0 spiro atoms. The quantitative estimate of drug-likeness (QED) is 0.690. The summed E-state index contributed by atoms with van der Waals surface area (Å²) in [6.45, 7) is 6.28. The number of hydrogen-bond acceptors (Lipinski definition) is 4. The smallest absolute Gasteiger partial charge is 0.221 e. The molecule has 0 bridgehead atoms. The molecule has 0 saturated carbocycles. The molecule has 114 valence electrons. The van der Waals surface area contributed by atoms with E-state index >= 15 is 0 Å². The van der Waals surface area contributed by atoms with Gasteiger partial charge in [-0.1, -0.05) is 6.92 Å². The molecule has 1 atom stereocenters. The molecule has 0 aromatic rings. The molecule has 0 unspecified atom stereocenters. The molecule has 0 radical (unpaired) electrons. The molecule has 0 aromatic heterocycles. The van der Waals surface area contributed by atoms with Crippen molar-refractivity contribution in [2.75, 3.05) is 31.9 Å². The summed E-state index contributed by atoms with van der Waals surface area (Å²) in [7, 11) is -3.08. The van der Waals surface area contributed by atoms with Crippen LogP contribution in [0.15, 0.2) is 0 Å². The van der Waals surface area contributed by atoms with Gasteiger partial charge in [0.15, 0.2) is 0 Å². The lowest BCUT2D eigenvalue weighted by molar-refractivity contribution is -0.121. The molecule has 1 aliphatic heterocycles. The fraction of sp³-hybridized carbons (Fsp3) is 0.909. The summed E-state index contributed by atoms with van der Waals surface area (Å²) in [5.41, 5.74) is 0. The molecule has 1 rings (SSSR count). The van der Waals surface area contributed by atoms with Gasteiger partial charge >= 0.3 is 0 Å². The maximum atomic E-state index is 11.6. The highest BCUT2D eigenvalue weighted by Gasteiger charge is 2.28. The van der Waals surface area contributed by atoms with E-state index in [4.69, 9.17) is 0 Å². The first kappa shape index (κ1) is 18.6. The lowest BCUT2D eigenvalue weighted by atomic mass is 10.3. The third kappa shape index (κ3) is 6.56. The average Bonchev–Trinajstić information content (AvgIpc) is 2.63. The van der Waals surface area contributed by atoms with Gasteiger partial charge in [0.25, 0.3) is 0 Å². The van der Waals surface area contributed by atoms with E-state index in [1.54, 1.807) is 0 Å². The molecule has 1 heterocycles.